The van der Waals surface area contributed by atoms with Crippen LogP contribution in [0.25, 0.3) is 11.5 Å². The molecule has 0 radical (unpaired) electrons. The summed E-state index contributed by atoms with van der Waals surface area (Å²) in [6, 6.07) is 7.02. The highest BCUT2D eigenvalue weighted by Crippen LogP contribution is 2.26. The number of aryl methyl sites for hydroxylation is 2. The molecule has 112 valence electrons. The lowest BCUT2D eigenvalue weighted by Gasteiger charge is -2.19. The molecule has 0 spiro atoms. The van der Waals surface area contributed by atoms with E-state index < -0.39 is 0 Å². The number of aromatic nitrogens is 5. The minimum atomic E-state index is 0.170. The molecular formula is C17H19N5. The lowest BCUT2D eigenvalue weighted by Crippen LogP contribution is -2.10. The largest absolute Gasteiger partial charge is 0.343 e. The highest BCUT2D eigenvalue weighted by molar-refractivity contribution is 5.46. The second kappa shape index (κ2) is 5.40. The Morgan fingerprint density at radius 3 is 2.86 bits per heavy atom. The van der Waals surface area contributed by atoms with Crippen molar-refractivity contribution in [1.29, 1.82) is 0 Å². The van der Waals surface area contributed by atoms with E-state index in [0.717, 1.165) is 11.5 Å². The van der Waals surface area contributed by atoms with E-state index in [2.05, 4.69) is 45.4 Å². The summed E-state index contributed by atoms with van der Waals surface area (Å²) in [6.45, 7) is 2.16. The van der Waals surface area contributed by atoms with Crippen molar-refractivity contribution in [3.05, 3.63) is 53.5 Å². The minimum absolute atomic E-state index is 0.170. The van der Waals surface area contributed by atoms with Crippen LogP contribution in [0.1, 0.15) is 42.5 Å². The number of aromatic amines is 1. The Balaban J connectivity index is 1.63. The Labute approximate surface area is 129 Å². The molecule has 5 heteroatoms. The van der Waals surface area contributed by atoms with Gasteiger partial charge >= 0.3 is 0 Å². The number of hydrogen-bond donors (Lipinski definition) is 1. The van der Waals surface area contributed by atoms with Gasteiger partial charge in [0, 0.05) is 12.4 Å². The quantitative estimate of drug-likeness (QED) is 0.807. The van der Waals surface area contributed by atoms with E-state index in [4.69, 9.17) is 0 Å². The van der Waals surface area contributed by atoms with Crippen LogP contribution in [0.2, 0.25) is 0 Å². The Hall–Kier alpha value is -2.43. The molecule has 1 N–H and O–H groups in total. The molecule has 1 atom stereocenters. The van der Waals surface area contributed by atoms with Gasteiger partial charge in [0.15, 0.2) is 5.82 Å². The number of hydrogen-bond acceptors (Lipinski definition) is 3. The summed E-state index contributed by atoms with van der Waals surface area (Å²) in [4.78, 5) is 7.28. The second-order valence-electron chi connectivity index (χ2n) is 5.93. The molecule has 0 aliphatic heterocycles. The van der Waals surface area contributed by atoms with E-state index in [1.165, 1.54) is 42.4 Å². The first kappa shape index (κ1) is 13.2. The van der Waals surface area contributed by atoms with E-state index in [9.17, 15) is 0 Å². The van der Waals surface area contributed by atoms with E-state index in [1.54, 1.807) is 12.4 Å². The van der Waals surface area contributed by atoms with Crippen molar-refractivity contribution in [2.24, 2.45) is 0 Å². The zero-order chi connectivity index (χ0) is 14.9. The maximum absolute atomic E-state index is 4.27. The van der Waals surface area contributed by atoms with Crippen molar-refractivity contribution in [3.63, 3.8) is 0 Å². The highest BCUT2D eigenvalue weighted by Gasteiger charge is 2.15. The molecule has 3 aromatic rings. The normalized spacial score (nSPS) is 15.5. The molecule has 1 aliphatic rings. The average Bonchev–Trinajstić information content (AvgIpc) is 3.24. The average molecular weight is 293 g/mol. The fourth-order valence-corrected chi connectivity index (χ4v) is 3.15. The van der Waals surface area contributed by atoms with Gasteiger partial charge in [0.2, 0.25) is 0 Å². The van der Waals surface area contributed by atoms with Crippen molar-refractivity contribution in [1.82, 2.24) is 25.0 Å². The molecular weight excluding hydrogens is 274 g/mol. The van der Waals surface area contributed by atoms with Crippen LogP contribution in [0, 0.1) is 0 Å². The van der Waals surface area contributed by atoms with Crippen LogP contribution in [0.15, 0.2) is 36.8 Å². The summed E-state index contributed by atoms with van der Waals surface area (Å²) < 4.78 is 1.91. The molecule has 0 saturated carbocycles. The van der Waals surface area contributed by atoms with Crippen LogP contribution in [-0.4, -0.2) is 25.0 Å². The fraction of sp³-hybridized carbons (Fsp3) is 0.353. The van der Waals surface area contributed by atoms with Gasteiger partial charge in [-0.3, -0.25) is 0 Å². The third kappa shape index (κ3) is 2.32. The predicted molar refractivity (Wildman–Crippen MR) is 84.5 cm³/mol. The minimum Gasteiger partial charge on any atom is -0.343 e. The Bertz CT molecular complexity index is 772. The SMILES string of the molecule is CC(c1ccc2c(c1)CCCC2)n1cc(-c2ncc[nH]2)nn1. The Kier molecular flexibility index (Phi) is 3.25. The molecule has 0 amide bonds. The van der Waals surface area contributed by atoms with Crippen LogP contribution in [0.5, 0.6) is 0 Å². The zero-order valence-corrected chi connectivity index (χ0v) is 12.7. The monoisotopic (exact) mass is 293 g/mol. The number of H-pyrrole nitrogens is 1. The van der Waals surface area contributed by atoms with Gasteiger partial charge in [-0.25, -0.2) is 9.67 Å². The van der Waals surface area contributed by atoms with Gasteiger partial charge in [0.05, 0.1) is 12.2 Å². The van der Waals surface area contributed by atoms with E-state index in [-0.39, 0.29) is 6.04 Å². The number of nitrogens with zero attached hydrogens (tertiary/aromatic N) is 4. The van der Waals surface area contributed by atoms with Gasteiger partial charge in [-0.2, -0.15) is 0 Å². The first-order valence-electron chi connectivity index (χ1n) is 7.84. The lowest BCUT2D eigenvalue weighted by molar-refractivity contribution is 0.541. The summed E-state index contributed by atoms with van der Waals surface area (Å²) in [5.41, 5.74) is 5.07. The van der Waals surface area contributed by atoms with Crippen molar-refractivity contribution in [2.45, 2.75) is 38.6 Å². The number of nitrogens with one attached hydrogen (secondary N) is 1. The van der Waals surface area contributed by atoms with Gasteiger partial charge in [-0.05, 0) is 49.3 Å². The van der Waals surface area contributed by atoms with Gasteiger partial charge in [-0.15, -0.1) is 5.10 Å². The maximum Gasteiger partial charge on any atom is 0.159 e. The van der Waals surface area contributed by atoms with Crippen LogP contribution in [0.4, 0.5) is 0 Å². The van der Waals surface area contributed by atoms with E-state index in [1.807, 2.05) is 10.9 Å². The van der Waals surface area contributed by atoms with Gasteiger partial charge in [0.25, 0.3) is 0 Å². The molecule has 22 heavy (non-hydrogen) atoms. The summed E-state index contributed by atoms with van der Waals surface area (Å²) in [7, 11) is 0. The van der Waals surface area contributed by atoms with Gasteiger partial charge in [-0.1, -0.05) is 23.4 Å². The summed E-state index contributed by atoms with van der Waals surface area (Å²) >= 11 is 0. The van der Waals surface area contributed by atoms with Crippen LogP contribution >= 0.6 is 0 Å². The van der Waals surface area contributed by atoms with E-state index >= 15 is 0 Å². The Morgan fingerprint density at radius 2 is 2.05 bits per heavy atom. The second-order valence-corrected chi connectivity index (χ2v) is 5.93. The molecule has 0 saturated heterocycles. The third-order valence-corrected chi connectivity index (χ3v) is 4.50. The first-order valence-corrected chi connectivity index (χ1v) is 7.84. The molecule has 4 rings (SSSR count). The number of fused-ring (bicyclic) bond motifs is 1. The number of imidazole rings is 1. The topological polar surface area (TPSA) is 59.4 Å². The molecule has 1 aliphatic carbocycles. The van der Waals surface area contributed by atoms with Gasteiger partial charge < -0.3 is 4.98 Å². The molecule has 5 nitrogen and oxygen atoms in total. The number of rotatable bonds is 3. The van der Waals surface area contributed by atoms with E-state index in [0.29, 0.717) is 0 Å². The maximum atomic E-state index is 4.27. The Morgan fingerprint density at radius 1 is 1.18 bits per heavy atom. The summed E-state index contributed by atoms with van der Waals surface area (Å²) in [6.07, 6.45) is 10.5. The zero-order valence-electron chi connectivity index (χ0n) is 12.7. The lowest BCUT2D eigenvalue weighted by atomic mass is 9.89. The standard InChI is InChI=1S/C17H19N5/c1-12(14-7-6-13-4-2-3-5-15(13)10-14)22-11-16(20-21-22)17-18-8-9-19-17/h6-12H,2-5H2,1H3,(H,18,19). The molecule has 2 aromatic heterocycles. The van der Waals surface area contributed by atoms with Crippen molar-refractivity contribution in [2.75, 3.05) is 0 Å². The van der Waals surface area contributed by atoms with Crippen molar-refractivity contribution in [3.8, 4) is 11.5 Å². The number of benzene rings is 1. The van der Waals surface area contributed by atoms with Crippen LogP contribution in [0.3, 0.4) is 0 Å². The summed E-state index contributed by atoms with van der Waals surface area (Å²) in [5.74, 6) is 0.754. The van der Waals surface area contributed by atoms with Gasteiger partial charge in [0.1, 0.15) is 5.69 Å². The van der Waals surface area contributed by atoms with Crippen molar-refractivity contribution >= 4 is 0 Å². The van der Waals surface area contributed by atoms with Crippen LogP contribution in [-0.2, 0) is 12.8 Å². The third-order valence-electron chi connectivity index (χ3n) is 4.50. The van der Waals surface area contributed by atoms with Crippen LogP contribution < -0.4 is 0 Å². The molecule has 1 unspecified atom stereocenters. The first-order chi connectivity index (χ1) is 10.8. The molecule has 0 bridgehead atoms. The smallest absolute Gasteiger partial charge is 0.159 e. The molecule has 0 fully saturated rings. The summed E-state index contributed by atoms with van der Waals surface area (Å²) in [5, 5.41) is 8.48. The molecule has 1 aromatic carbocycles. The van der Waals surface area contributed by atoms with Crippen molar-refractivity contribution < 1.29 is 0 Å². The molecule has 2 heterocycles. The predicted octanol–water partition coefficient (Wildman–Crippen LogP) is 3.16. The highest BCUT2D eigenvalue weighted by atomic mass is 15.4. The fourth-order valence-electron chi connectivity index (χ4n) is 3.15.